The zero-order chi connectivity index (χ0) is 11.3. The van der Waals surface area contributed by atoms with Gasteiger partial charge in [0.05, 0.1) is 24.7 Å². The molecular weight excluding hydrogens is 197 g/mol. The van der Waals surface area contributed by atoms with Crippen molar-refractivity contribution < 1.29 is 13.9 Å². The average molecular weight is 207 g/mol. The Kier molecular flexibility index (Phi) is 3.81. The number of hydrogen-bond donors (Lipinski definition) is 0. The summed E-state index contributed by atoms with van der Waals surface area (Å²) < 4.78 is 17.7. The molecule has 1 aromatic rings. The molecule has 4 heteroatoms. The normalized spacial score (nSPS) is 9.40. The highest BCUT2D eigenvalue weighted by Gasteiger charge is 2.06. The zero-order valence-corrected chi connectivity index (χ0v) is 8.29. The maximum Gasteiger partial charge on any atom is 0.310 e. The van der Waals surface area contributed by atoms with Gasteiger partial charge in [-0.05, 0) is 30.7 Å². The minimum atomic E-state index is -0.520. The van der Waals surface area contributed by atoms with E-state index in [1.807, 2.05) is 6.07 Å². The Hall–Kier alpha value is -1.89. The van der Waals surface area contributed by atoms with E-state index in [2.05, 4.69) is 0 Å². The number of halogens is 1. The van der Waals surface area contributed by atoms with Gasteiger partial charge in [-0.1, -0.05) is 0 Å². The number of benzene rings is 1. The molecule has 0 bridgehead atoms. The first-order chi connectivity index (χ1) is 7.15. The van der Waals surface area contributed by atoms with E-state index in [4.69, 9.17) is 10.00 Å². The van der Waals surface area contributed by atoms with E-state index < -0.39 is 11.8 Å². The van der Waals surface area contributed by atoms with E-state index in [1.165, 1.54) is 12.1 Å². The van der Waals surface area contributed by atoms with Crippen LogP contribution in [0.3, 0.4) is 0 Å². The molecule has 0 heterocycles. The molecule has 0 spiro atoms. The molecule has 1 aromatic carbocycles. The highest BCUT2D eigenvalue weighted by atomic mass is 19.1. The Labute approximate surface area is 87.1 Å². The van der Waals surface area contributed by atoms with Crippen LogP contribution in [0.5, 0.6) is 0 Å². The Morgan fingerprint density at radius 3 is 2.87 bits per heavy atom. The number of nitriles is 1. The van der Waals surface area contributed by atoms with Crippen molar-refractivity contribution in [2.45, 2.75) is 13.3 Å². The fraction of sp³-hybridized carbons (Fsp3) is 0.273. The third-order valence-electron chi connectivity index (χ3n) is 1.74. The van der Waals surface area contributed by atoms with E-state index in [0.29, 0.717) is 12.2 Å². The van der Waals surface area contributed by atoms with Crippen LogP contribution in [0.1, 0.15) is 18.1 Å². The number of rotatable bonds is 3. The molecule has 78 valence electrons. The average Bonchev–Trinajstić information content (AvgIpc) is 2.17. The topological polar surface area (TPSA) is 50.1 Å². The van der Waals surface area contributed by atoms with Crippen molar-refractivity contribution in [1.29, 1.82) is 5.26 Å². The number of ether oxygens (including phenoxy) is 1. The monoisotopic (exact) mass is 207 g/mol. The summed E-state index contributed by atoms with van der Waals surface area (Å²) in [5, 5.41) is 8.59. The van der Waals surface area contributed by atoms with E-state index in [-0.39, 0.29) is 12.0 Å². The molecule has 3 nitrogen and oxygen atoms in total. The van der Waals surface area contributed by atoms with Crippen LogP contribution in [0.4, 0.5) is 4.39 Å². The van der Waals surface area contributed by atoms with Gasteiger partial charge < -0.3 is 4.74 Å². The van der Waals surface area contributed by atoms with Gasteiger partial charge >= 0.3 is 5.97 Å². The number of nitrogens with zero attached hydrogens (tertiary/aromatic N) is 1. The maximum absolute atomic E-state index is 12.9. The Morgan fingerprint density at radius 2 is 2.27 bits per heavy atom. The number of carbonyl (C=O) groups excluding carboxylic acids is 1. The molecule has 15 heavy (non-hydrogen) atoms. The first-order valence-electron chi connectivity index (χ1n) is 4.51. The van der Waals surface area contributed by atoms with Gasteiger partial charge in [-0.2, -0.15) is 5.26 Å². The van der Waals surface area contributed by atoms with Gasteiger partial charge in [-0.15, -0.1) is 0 Å². The molecule has 0 amide bonds. The SMILES string of the molecule is CCOC(=O)Cc1cc(F)cc(C#N)c1. The van der Waals surface area contributed by atoms with E-state index >= 15 is 0 Å². The first kappa shape index (κ1) is 11.2. The van der Waals surface area contributed by atoms with Crippen molar-refractivity contribution in [2.75, 3.05) is 6.61 Å². The van der Waals surface area contributed by atoms with Gasteiger partial charge in [0.2, 0.25) is 0 Å². The van der Waals surface area contributed by atoms with Crippen molar-refractivity contribution >= 4 is 5.97 Å². The Morgan fingerprint density at radius 1 is 1.53 bits per heavy atom. The summed E-state index contributed by atoms with van der Waals surface area (Å²) in [6.45, 7) is 1.99. The lowest BCUT2D eigenvalue weighted by Gasteiger charge is -2.02. The number of esters is 1. The summed E-state index contributed by atoms with van der Waals surface area (Å²) >= 11 is 0. The van der Waals surface area contributed by atoms with Crippen LogP contribution in [0, 0.1) is 17.1 Å². The summed E-state index contributed by atoms with van der Waals surface area (Å²) in [7, 11) is 0. The molecule has 0 saturated carbocycles. The van der Waals surface area contributed by atoms with Crippen LogP contribution < -0.4 is 0 Å². The number of carbonyl (C=O) groups is 1. The summed E-state index contributed by atoms with van der Waals surface area (Å²) in [6.07, 6.45) is -0.0136. The third-order valence-corrected chi connectivity index (χ3v) is 1.74. The van der Waals surface area contributed by atoms with Gasteiger partial charge in [-0.3, -0.25) is 4.79 Å². The summed E-state index contributed by atoms with van der Waals surface area (Å²) in [5.74, 6) is -0.944. The van der Waals surface area contributed by atoms with Crippen LogP contribution in [0.2, 0.25) is 0 Å². The van der Waals surface area contributed by atoms with Crippen LogP contribution in [0.15, 0.2) is 18.2 Å². The molecule has 0 aliphatic heterocycles. The second-order valence-corrected chi connectivity index (χ2v) is 2.94. The van der Waals surface area contributed by atoms with Gasteiger partial charge in [0, 0.05) is 0 Å². The van der Waals surface area contributed by atoms with Crippen molar-refractivity contribution in [3.05, 3.63) is 35.1 Å². The van der Waals surface area contributed by atoms with Gasteiger partial charge in [0.1, 0.15) is 5.82 Å². The fourth-order valence-corrected chi connectivity index (χ4v) is 1.20. The Bertz CT molecular complexity index is 410. The van der Waals surface area contributed by atoms with Crippen LogP contribution in [-0.4, -0.2) is 12.6 Å². The molecule has 0 aromatic heterocycles. The summed E-state index contributed by atoms with van der Waals surface area (Å²) in [5.41, 5.74) is 0.652. The van der Waals surface area contributed by atoms with Crippen molar-refractivity contribution in [1.82, 2.24) is 0 Å². The standard InChI is InChI=1S/C11H10FNO2/c1-2-15-11(14)6-8-3-9(7-13)5-10(12)4-8/h3-5H,2,6H2,1H3. The predicted octanol–water partition coefficient (Wildman–Crippen LogP) is 1.80. The molecule has 0 saturated heterocycles. The minimum Gasteiger partial charge on any atom is -0.466 e. The molecule has 0 fully saturated rings. The zero-order valence-electron chi connectivity index (χ0n) is 8.29. The molecule has 1 rings (SSSR count). The second-order valence-electron chi connectivity index (χ2n) is 2.94. The lowest BCUT2D eigenvalue weighted by atomic mass is 10.1. The summed E-state index contributed by atoms with van der Waals surface area (Å²) in [4.78, 5) is 11.1. The van der Waals surface area contributed by atoms with Crippen LogP contribution >= 0.6 is 0 Å². The van der Waals surface area contributed by atoms with Crippen molar-refractivity contribution in [3.63, 3.8) is 0 Å². The lowest BCUT2D eigenvalue weighted by Crippen LogP contribution is -2.07. The smallest absolute Gasteiger partial charge is 0.310 e. The van der Waals surface area contributed by atoms with Crippen LogP contribution in [-0.2, 0) is 16.0 Å². The predicted molar refractivity (Wildman–Crippen MR) is 51.5 cm³/mol. The second kappa shape index (κ2) is 5.11. The van der Waals surface area contributed by atoms with Gasteiger partial charge in [-0.25, -0.2) is 4.39 Å². The highest BCUT2D eigenvalue weighted by Crippen LogP contribution is 2.09. The maximum atomic E-state index is 12.9. The van der Waals surface area contributed by atoms with E-state index in [9.17, 15) is 9.18 Å². The first-order valence-corrected chi connectivity index (χ1v) is 4.51. The van der Waals surface area contributed by atoms with E-state index in [0.717, 1.165) is 6.07 Å². The molecule has 0 N–H and O–H groups in total. The number of hydrogen-bond acceptors (Lipinski definition) is 3. The molecule has 0 aliphatic carbocycles. The molecular formula is C11H10FNO2. The summed E-state index contributed by atoms with van der Waals surface area (Å²) in [6, 6.07) is 5.63. The fourth-order valence-electron chi connectivity index (χ4n) is 1.20. The Balaban J connectivity index is 2.82. The van der Waals surface area contributed by atoms with Crippen LogP contribution in [0.25, 0.3) is 0 Å². The molecule has 0 atom stereocenters. The van der Waals surface area contributed by atoms with E-state index in [1.54, 1.807) is 6.92 Å². The largest absolute Gasteiger partial charge is 0.466 e. The van der Waals surface area contributed by atoms with Gasteiger partial charge in [0.15, 0.2) is 0 Å². The molecule has 0 aliphatic rings. The third kappa shape index (κ3) is 3.39. The quantitative estimate of drug-likeness (QED) is 0.710. The van der Waals surface area contributed by atoms with Gasteiger partial charge in [0.25, 0.3) is 0 Å². The minimum absolute atomic E-state index is 0.0136. The van der Waals surface area contributed by atoms with Crippen molar-refractivity contribution in [3.8, 4) is 6.07 Å². The molecule has 0 unspecified atom stereocenters. The lowest BCUT2D eigenvalue weighted by molar-refractivity contribution is -0.142. The highest BCUT2D eigenvalue weighted by molar-refractivity contribution is 5.72. The van der Waals surface area contributed by atoms with Crippen molar-refractivity contribution in [2.24, 2.45) is 0 Å². The molecule has 0 radical (unpaired) electrons.